The van der Waals surface area contributed by atoms with Gasteiger partial charge in [0.25, 0.3) is 5.72 Å². The van der Waals surface area contributed by atoms with E-state index in [4.69, 9.17) is 0 Å². The first-order valence-corrected chi connectivity index (χ1v) is 6.55. The summed E-state index contributed by atoms with van der Waals surface area (Å²) in [6.07, 6.45) is -4.27. The monoisotopic (exact) mass is 298 g/mol. The molecule has 1 aromatic carbocycles. The van der Waals surface area contributed by atoms with Crippen LogP contribution in [-0.4, -0.2) is 34.1 Å². The number of benzene rings is 1. The zero-order chi connectivity index (χ0) is 15.3. The maximum atomic E-state index is 12.9. The van der Waals surface area contributed by atoms with Crippen LogP contribution in [0.1, 0.15) is 24.3 Å². The zero-order valence-corrected chi connectivity index (χ0v) is 10.9. The van der Waals surface area contributed by atoms with Gasteiger partial charge in [-0.05, 0) is 17.9 Å². The Kier molecular flexibility index (Phi) is 3.05. The number of hydrogen-bond donors (Lipinski definition) is 1. The second-order valence-electron chi connectivity index (χ2n) is 5.33. The molecule has 3 rings (SSSR count). The van der Waals surface area contributed by atoms with E-state index in [0.29, 0.717) is 6.42 Å². The fourth-order valence-corrected chi connectivity index (χ4v) is 2.60. The number of hydrogen-bond acceptors (Lipinski definition) is 3. The van der Waals surface area contributed by atoms with Gasteiger partial charge >= 0.3 is 6.18 Å². The van der Waals surface area contributed by atoms with Crippen molar-refractivity contribution in [1.82, 2.24) is 5.01 Å². The van der Waals surface area contributed by atoms with Gasteiger partial charge in [0.1, 0.15) is 0 Å². The van der Waals surface area contributed by atoms with Crippen LogP contribution in [0.2, 0.25) is 0 Å². The standard InChI is InChI=1S/C14H13F3N2O2/c15-14(16,17)13(21)6-7-18-19(13)12(20)11-8-10(11)9-4-2-1-3-5-9/h1-5,7,10-11,21H,6,8H2/t10-,11-,13-/m1/s1. The van der Waals surface area contributed by atoms with E-state index in [1.54, 1.807) is 0 Å². The molecule has 3 atom stereocenters. The van der Waals surface area contributed by atoms with Crippen molar-refractivity contribution in [3.05, 3.63) is 35.9 Å². The molecule has 0 bridgehead atoms. The van der Waals surface area contributed by atoms with Crippen LogP contribution in [0.25, 0.3) is 0 Å². The Bertz CT molecular complexity index is 588. The lowest BCUT2D eigenvalue weighted by Gasteiger charge is -2.32. The molecule has 21 heavy (non-hydrogen) atoms. The van der Waals surface area contributed by atoms with Crippen molar-refractivity contribution >= 4 is 12.1 Å². The number of alkyl halides is 3. The van der Waals surface area contributed by atoms with Crippen LogP contribution in [0.3, 0.4) is 0 Å². The molecule has 1 N–H and O–H groups in total. The minimum atomic E-state index is -4.93. The minimum Gasteiger partial charge on any atom is -0.362 e. The Labute approximate surface area is 118 Å². The lowest BCUT2D eigenvalue weighted by atomic mass is 10.1. The van der Waals surface area contributed by atoms with Gasteiger partial charge in [-0.1, -0.05) is 30.3 Å². The van der Waals surface area contributed by atoms with E-state index >= 15 is 0 Å². The quantitative estimate of drug-likeness (QED) is 0.910. The third kappa shape index (κ3) is 2.21. The van der Waals surface area contributed by atoms with Gasteiger partial charge in [0, 0.05) is 18.6 Å². The molecule has 1 heterocycles. The van der Waals surface area contributed by atoms with Crippen LogP contribution < -0.4 is 0 Å². The highest BCUT2D eigenvalue weighted by Gasteiger charge is 2.63. The van der Waals surface area contributed by atoms with Gasteiger partial charge in [0.2, 0.25) is 5.91 Å². The van der Waals surface area contributed by atoms with Gasteiger partial charge in [-0.15, -0.1) is 0 Å². The summed E-state index contributed by atoms with van der Waals surface area (Å²) in [5.74, 6) is -1.44. The Morgan fingerprint density at radius 2 is 2.00 bits per heavy atom. The zero-order valence-electron chi connectivity index (χ0n) is 10.9. The molecule has 0 aromatic heterocycles. The van der Waals surface area contributed by atoms with Crippen molar-refractivity contribution in [3.8, 4) is 0 Å². The average molecular weight is 298 g/mol. The molecule has 2 aliphatic rings. The predicted octanol–water partition coefficient (Wildman–Crippen LogP) is 2.26. The molecule has 7 heteroatoms. The molecule has 0 spiro atoms. The average Bonchev–Trinajstić information content (AvgIpc) is 3.14. The molecule has 1 aliphatic carbocycles. The summed E-state index contributed by atoms with van der Waals surface area (Å²) >= 11 is 0. The van der Waals surface area contributed by atoms with E-state index in [9.17, 15) is 23.1 Å². The molecule has 1 saturated carbocycles. The third-order valence-corrected chi connectivity index (χ3v) is 3.92. The Morgan fingerprint density at radius 1 is 1.33 bits per heavy atom. The molecule has 1 aliphatic heterocycles. The molecule has 1 fully saturated rings. The first-order valence-electron chi connectivity index (χ1n) is 6.55. The second kappa shape index (κ2) is 4.56. The summed E-state index contributed by atoms with van der Waals surface area (Å²) in [4.78, 5) is 12.2. The first kappa shape index (κ1) is 14.1. The van der Waals surface area contributed by atoms with Gasteiger partial charge in [-0.2, -0.15) is 23.3 Å². The van der Waals surface area contributed by atoms with Crippen LogP contribution in [-0.2, 0) is 4.79 Å². The van der Waals surface area contributed by atoms with Gasteiger partial charge in [0.05, 0.1) is 0 Å². The molecule has 0 saturated heterocycles. The van der Waals surface area contributed by atoms with E-state index in [1.165, 1.54) is 0 Å². The van der Waals surface area contributed by atoms with E-state index in [2.05, 4.69) is 5.10 Å². The van der Waals surface area contributed by atoms with Crippen LogP contribution in [0.5, 0.6) is 0 Å². The van der Waals surface area contributed by atoms with Gasteiger partial charge in [-0.3, -0.25) is 4.79 Å². The van der Waals surface area contributed by atoms with Crippen molar-refractivity contribution in [3.63, 3.8) is 0 Å². The van der Waals surface area contributed by atoms with Crippen LogP contribution in [0.15, 0.2) is 35.4 Å². The third-order valence-electron chi connectivity index (χ3n) is 3.92. The van der Waals surface area contributed by atoms with E-state index < -0.39 is 30.1 Å². The molecular weight excluding hydrogens is 285 g/mol. The fraction of sp³-hybridized carbons (Fsp3) is 0.429. The molecular formula is C14H13F3N2O2. The van der Waals surface area contributed by atoms with Crippen LogP contribution >= 0.6 is 0 Å². The Hall–Kier alpha value is -1.89. The predicted molar refractivity (Wildman–Crippen MR) is 68.2 cm³/mol. The first-order chi connectivity index (χ1) is 9.84. The summed E-state index contributed by atoms with van der Waals surface area (Å²) < 4.78 is 38.8. The summed E-state index contributed by atoms with van der Waals surface area (Å²) in [5, 5.41) is 13.4. The molecule has 1 aromatic rings. The molecule has 112 valence electrons. The van der Waals surface area contributed by atoms with Crippen LogP contribution in [0.4, 0.5) is 13.2 Å². The molecule has 0 unspecified atom stereocenters. The lowest BCUT2D eigenvalue weighted by molar-refractivity contribution is -0.302. The Balaban J connectivity index is 1.77. The maximum absolute atomic E-state index is 12.9. The van der Waals surface area contributed by atoms with E-state index in [1.807, 2.05) is 30.3 Å². The van der Waals surface area contributed by atoms with E-state index in [-0.39, 0.29) is 10.9 Å². The number of aliphatic hydroxyl groups is 1. The lowest BCUT2D eigenvalue weighted by Crippen LogP contribution is -2.56. The number of rotatable bonds is 2. The number of carbonyl (C=O) groups is 1. The summed E-state index contributed by atoms with van der Waals surface area (Å²) in [6.45, 7) is 0. The van der Waals surface area contributed by atoms with Gasteiger partial charge in [0.15, 0.2) is 0 Å². The van der Waals surface area contributed by atoms with Crippen LogP contribution in [0, 0.1) is 5.92 Å². The fourth-order valence-electron chi connectivity index (χ4n) is 2.60. The summed E-state index contributed by atoms with van der Waals surface area (Å²) in [5.41, 5.74) is -2.30. The highest BCUT2D eigenvalue weighted by Crippen LogP contribution is 2.50. The number of carbonyl (C=O) groups excluding carboxylic acids is 1. The highest BCUT2D eigenvalue weighted by molar-refractivity contribution is 5.85. The normalized spacial score (nSPS) is 31.5. The Morgan fingerprint density at radius 3 is 2.62 bits per heavy atom. The minimum absolute atomic E-state index is 0.105. The topological polar surface area (TPSA) is 52.9 Å². The van der Waals surface area contributed by atoms with Crippen molar-refractivity contribution < 1.29 is 23.1 Å². The second-order valence-corrected chi connectivity index (χ2v) is 5.33. The van der Waals surface area contributed by atoms with Crippen molar-refractivity contribution in [2.45, 2.75) is 30.7 Å². The van der Waals surface area contributed by atoms with Crippen molar-refractivity contribution in [1.29, 1.82) is 0 Å². The van der Waals surface area contributed by atoms with Crippen molar-refractivity contribution in [2.75, 3.05) is 0 Å². The summed E-state index contributed by atoms with van der Waals surface area (Å²) in [6, 6.07) is 9.13. The SMILES string of the molecule is O=C([C@@H]1C[C@@H]1c1ccccc1)N1N=CC[C@@]1(O)C(F)(F)F. The van der Waals surface area contributed by atoms with Gasteiger partial charge < -0.3 is 5.11 Å². The van der Waals surface area contributed by atoms with Crippen molar-refractivity contribution in [2.24, 2.45) is 11.0 Å². The van der Waals surface area contributed by atoms with Gasteiger partial charge in [-0.25, -0.2) is 0 Å². The van der Waals surface area contributed by atoms with E-state index in [0.717, 1.165) is 11.8 Å². The number of halogens is 3. The maximum Gasteiger partial charge on any atom is 0.438 e. The largest absolute Gasteiger partial charge is 0.438 e. The number of amides is 1. The molecule has 1 amide bonds. The number of nitrogens with zero attached hydrogens (tertiary/aromatic N) is 2. The molecule has 4 nitrogen and oxygen atoms in total. The highest BCUT2D eigenvalue weighted by atomic mass is 19.4. The summed E-state index contributed by atoms with van der Waals surface area (Å²) in [7, 11) is 0. The smallest absolute Gasteiger partial charge is 0.362 e. The number of hydrazone groups is 1. The molecule has 0 radical (unpaired) electrons.